The topological polar surface area (TPSA) is 34.9 Å². The fraction of sp³-hybridized carbons (Fsp3) is 0.111. The van der Waals surface area contributed by atoms with Crippen LogP contribution in [-0.2, 0) is 0 Å². The summed E-state index contributed by atoms with van der Waals surface area (Å²) in [6.45, 7) is 3.94. The molecule has 0 saturated heterocycles. The number of aryl methyl sites for hydroxylation is 1. The molecular formula is C18H15ClN2OS. The van der Waals surface area contributed by atoms with E-state index in [1.165, 1.54) is 11.3 Å². The first-order chi connectivity index (χ1) is 11.1. The van der Waals surface area contributed by atoms with Crippen LogP contribution in [0.3, 0.4) is 0 Å². The molecule has 0 aliphatic rings. The lowest BCUT2D eigenvalue weighted by Crippen LogP contribution is -1.98. The molecule has 0 atom stereocenters. The molecule has 3 nitrogen and oxygen atoms in total. The predicted molar refractivity (Wildman–Crippen MR) is 95.7 cm³/mol. The maximum absolute atomic E-state index is 12.2. The van der Waals surface area contributed by atoms with E-state index in [1.807, 2.05) is 54.9 Å². The molecule has 0 spiro atoms. The van der Waals surface area contributed by atoms with Crippen molar-refractivity contribution in [3.8, 4) is 5.69 Å². The monoisotopic (exact) mass is 342 g/mol. The maximum Gasteiger partial charge on any atom is 0.195 e. The Morgan fingerprint density at radius 1 is 1.17 bits per heavy atom. The molecule has 0 radical (unpaired) electrons. The summed E-state index contributed by atoms with van der Waals surface area (Å²) in [5, 5.41) is 4.57. The van der Waals surface area contributed by atoms with Gasteiger partial charge in [0, 0.05) is 11.3 Å². The molecule has 0 amide bonds. The van der Waals surface area contributed by atoms with Crippen molar-refractivity contribution in [1.82, 2.24) is 9.78 Å². The van der Waals surface area contributed by atoms with Gasteiger partial charge in [0.2, 0.25) is 0 Å². The highest BCUT2D eigenvalue weighted by atomic mass is 35.5. The Bertz CT molecular complexity index is 878. The third-order valence-corrected chi connectivity index (χ3v) is 4.81. The second-order valence-electron chi connectivity index (χ2n) is 5.13. The largest absolute Gasteiger partial charge is 0.288 e. The molecule has 5 heteroatoms. The van der Waals surface area contributed by atoms with E-state index in [1.54, 1.807) is 18.2 Å². The number of hydrogen-bond donors (Lipinski definition) is 0. The SMILES string of the molecule is Cc1nn(-c2ccccc2)c(C)c1/C=C\C(=O)c1ccc(Cl)s1. The molecule has 23 heavy (non-hydrogen) atoms. The summed E-state index contributed by atoms with van der Waals surface area (Å²) in [5.74, 6) is -0.0480. The van der Waals surface area contributed by atoms with Crippen molar-refractivity contribution in [2.24, 2.45) is 0 Å². The van der Waals surface area contributed by atoms with Crippen molar-refractivity contribution >= 4 is 34.8 Å². The summed E-state index contributed by atoms with van der Waals surface area (Å²) in [6.07, 6.45) is 3.40. The smallest absolute Gasteiger partial charge is 0.195 e. The Morgan fingerprint density at radius 2 is 1.91 bits per heavy atom. The number of allylic oxidation sites excluding steroid dienone is 1. The zero-order valence-electron chi connectivity index (χ0n) is 12.8. The number of benzene rings is 1. The molecule has 0 saturated carbocycles. The second-order valence-corrected chi connectivity index (χ2v) is 6.85. The molecule has 3 aromatic rings. The lowest BCUT2D eigenvalue weighted by molar-refractivity contribution is 0.105. The highest BCUT2D eigenvalue weighted by Crippen LogP contribution is 2.23. The molecule has 0 unspecified atom stereocenters. The van der Waals surface area contributed by atoms with E-state index in [0.29, 0.717) is 9.21 Å². The summed E-state index contributed by atoms with van der Waals surface area (Å²) in [4.78, 5) is 12.8. The van der Waals surface area contributed by atoms with Gasteiger partial charge in [0.25, 0.3) is 0 Å². The summed E-state index contributed by atoms with van der Waals surface area (Å²) in [7, 11) is 0. The average molecular weight is 343 g/mol. The van der Waals surface area contributed by atoms with E-state index in [9.17, 15) is 4.79 Å². The number of rotatable bonds is 4. The Morgan fingerprint density at radius 3 is 2.57 bits per heavy atom. The van der Waals surface area contributed by atoms with Crippen molar-refractivity contribution in [2.75, 3.05) is 0 Å². The van der Waals surface area contributed by atoms with Gasteiger partial charge in [0.05, 0.1) is 20.6 Å². The highest BCUT2D eigenvalue weighted by molar-refractivity contribution is 7.18. The number of carbonyl (C=O) groups is 1. The molecule has 3 rings (SSSR count). The van der Waals surface area contributed by atoms with Gasteiger partial charge in [-0.05, 0) is 50.3 Å². The van der Waals surface area contributed by atoms with E-state index < -0.39 is 0 Å². The minimum Gasteiger partial charge on any atom is -0.288 e. The fourth-order valence-electron chi connectivity index (χ4n) is 2.40. The minimum atomic E-state index is -0.0480. The fourth-order valence-corrected chi connectivity index (χ4v) is 3.37. The van der Waals surface area contributed by atoms with Crippen molar-refractivity contribution in [3.63, 3.8) is 0 Å². The van der Waals surface area contributed by atoms with Crippen LogP contribution < -0.4 is 0 Å². The second kappa shape index (κ2) is 6.52. The number of nitrogens with zero attached hydrogens (tertiary/aromatic N) is 2. The lowest BCUT2D eigenvalue weighted by atomic mass is 10.1. The molecule has 0 aliphatic heterocycles. The van der Waals surface area contributed by atoms with Crippen molar-refractivity contribution in [3.05, 3.63) is 74.7 Å². The zero-order chi connectivity index (χ0) is 16.4. The van der Waals surface area contributed by atoms with Gasteiger partial charge < -0.3 is 0 Å². The zero-order valence-corrected chi connectivity index (χ0v) is 14.4. The molecule has 1 aromatic carbocycles. The third-order valence-electron chi connectivity index (χ3n) is 3.57. The van der Waals surface area contributed by atoms with E-state index >= 15 is 0 Å². The van der Waals surface area contributed by atoms with Crippen molar-refractivity contribution in [2.45, 2.75) is 13.8 Å². The van der Waals surface area contributed by atoms with Crippen LogP contribution in [0.15, 0.2) is 48.5 Å². The number of carbonyl (C=O) groups excluding carboxylic acids is 1. The summed E-state index contributed by atoms with van der Waals surface area (Å²) < 4.78 is 2.51. The number of ketones is 1. The van der Waals surface area contributed by atoms with Crippen LogP contribution in [0.4, 0.5) is 0 Å². The van der Waals surface area contributed by atoms with Crippen LogP contribution in [0.5, 0.6) is 0 Å². The van der Waals surface area contributed by atoms with Crippen LogP contribution in [0, 0.1) is 13.8 Å². The normalized spacial score (nSPS) is 11.3. The molecule has 2 aromatic heterocycles. The Balaban J connectivity index is 1.90. The van der Waals surface area contributed by atoms with E-state index in [0.717, 1.165) is 22.6 Å². The van der Waals surface area contributed by atoms with E-state index in [4.69, 9.17) is 11.6 Å². The molecule has 116 valence electrons. The third kappa shape index (κ3) is 3.28. The van der Waals surface area contributed by atoms with Crippen LogP contribution in [0.25, 0.3) is 11.8 Å². The van der Waals surface area contributed by atoms with Gasteiger partial charge in [-0.1, -0.05) is 29.8 Å². The lowest BCUT2D eigenvalue weighted by Gasteiger charge is -2.03. The number of para-hydroxylation sites is 1. The average Bonchev–Trinajstić information content (AvgIpc) is 3.10. The van der Waals surface area contributed by atoms with Crippen LogP contribution in [0.1, 0.15) is 26.6 Å². The summed E-state index contributed by atoms with van der Waals surface area (Å²) in [5.41, 5.74) is 3.86. The molecule has 0 aliphatic carbocycles. The Kier molecular flexibility index (Phi) is 4.46. The van der Waals surface area contributed by atoms with E-state index in [2.05, 4.69) is 5.10 Å². The highest BCUT2D eigenvalue weighted by Gasteiger charge is 2.11. The number of hydrogen-bond acceptors (Lipinski definition) is 3. The van der Waals surface area contributed by atoms with Crippen molar-refractivity contribution < 1.29 is 4.79 Å². The molecule has 2 heterocycles. The summed E-state index contributed by atoms with van der Waals surface area (Å²) in [6, 6.07) is 13.4. The van der Waals surface area contributed by atoms with Gasteiger partial charge in [-0.15, -0.1) is 11.3 Å². The molecular weight excluding hydrogens is 328 g/mol. The first kappa shape index (κ1) is 15.7. The van der Waals surface area contributed by atoms with Gasteiger partial charge in [0.15, 0.2) is 5.78 Å². The quantitative estimate of drug-likeness (QED) is 0.488. The summed E-state index contributed by atoms with van der Waals surface area (Å²) >= 11 is 7.16. The van der Waals surface area contributed by atoms with Gasteiger partial charge in [-0.3, -0.25) is 4.79 Å². The van der Waals surface area contributed by atoms with Crippen LogP contribution >= 0.6 is 22.9 Å². The maximum atomic E-state index is 12.2. The van der Waals surface area contributed by atoms with Gasteiger partial charge >= 0.3 is 0 Å². The Labute approximate surface area is 143 Å². The predicted octanol–water partition coefficient (Wildman–Crippen LogP) is 5.10. The minimum absolute atomic E-state index is 0.0480. The standard InChI is InChI=1S/C18H15ClN2OS/c1-12-15(8-9-16(22)17-10-11-18(19)23-17)13(2)21(20-12)14-6-4-3-5-7-14/h3-11H,1-2H3/b9-8-. The Hall–Kier alpha value is -2.17. The number of aromatic nitrogens is 2. The molecule has 0 bridgehead atoms. The van der Waals surface area contributed by atoms with Gasteiger partial charge in [-0.25, -0.2) is 4.68 Å². The number of thiophene rings is 1. The first-order valence-corrected chi connectivity index (χ1v) is 8.35. The van der Waals surface area contributed by atoms with Crippen molar-refractivity contribution in [1.29, 1.82) is 0 Å². The van der Waals surface area contributed by atoms with Crippen LogP contribution in [0.2, 0.25) is 4.34 Å². The van der Waals surface area contributed by atoms with Gasteiger partial charge in [-0.2, -0.15) is 5.10 Å². The first-order valence-electron chi connectivity index (χ1n) is 7.15. The molecule has 0 fully saturated rings. The van der Waals surface area contributed by atoms with E-state index in [-0.39, 0.29) is 5.78 Å². The number of halogens is 1. The van der Waals surface area contributed by atoms with Crippen LogP contribution in [-0.4, -0.2) is 15.6 Å². The van der Waals surface area contributed by atoms with Gasteiger partial charge in [0.1, 0.15) is 0 Å². The molecule has 0 N–H and O–H groups in total.